The van der Waals surface area contributed by atoms with Gasteiger partial charge in [-0.25, -0.2) is 9.59 Å². The van der Waals surface area contributed by atoms with E-state index in [9.17, 15) is 14.7 Å². The summed E-state index contributed by atoms with van der Waals surface area (Å²) in [5.74, 6) is -2.30. The molecule has 0 atom stereocenters. The Bertz CT molecular complexity index is 742. The van der Waals surface area contributed by atoms with Crippen LogP contribution in [0, 0.1) is 0 Å². The molecule has 20 heavy (non-hydrogen) atoms. The molecule has 0 bridgehead atoms. The van der Waals surface area contributed by atoms with Gasteiger partial charge >= 0.3 is 11.6 Å². The third-order valence-electron chi connectivity index (χ3n) is 2.47. The number of carboxylic acids is 1. The fourth-order valence-electron chi connectivity index (χ4n) is 1.53. The van der Waals surface area contributed by atoms with Crippen molar-refractivity contribution in [2.24, 2.45) is 0 Å². The number of phenolic OH excluding ortho intramolecular Hbond substituents is 2. The predicted octanol–water partition coefficient (Wildman–Crippen LogP) is 1.92. The van der Waals surface area contributed by atoms with Crippen LogP contribution in [0.1, 0.15) is 21.7 Å². The van der Waals surface area contributed by atoms with Crippen LogP contribution in [-0.4, -0.2) is 21.3 Å². The first-order chi connectivity index (χ1) is 9.45. The van der Waals surface area contributed by atoms with Crippen molar-refractivity contribution in [3.63, 3.8) is 0 Å². The Morgan fingerprint density at radius 1 is 1.00 bits per heavy atom. The van der Waals surface area contributed by atoms with Crippen molar-refractivity contribution >= 4 is 18.1 Å². The van der Waals surface area contributed by atoms with Gasteiger partial charge in [0.25, 0.3) is 0 Å². The van der Waals surface area contributed by atoms with Crippen LogP contribution < -0.4 is 5.63 Å². The molecule has 102 valence electrons. The second-order valence-corrected chi connectivity index (χ2v) is 3.96. The van der Waals surface area contributed by atoms with E-state index in [1.165, 1.54) is 24.3 Å². The van der Waals surface area contributed by atoms with Gasteiger partial charge in [0.15, 0.2) is 11.5 Å². The molecule has 0 aliphatic heterocycles. The number of carboxylic acid groups (broad SMARTS) is 1. The van der Waals surface area contributed by atoms with E-state index in [-0.39, 0.29) is 11.5 Å². The number of hydrogen-bond acceptors (Lipinski definition) is 5. The minimum absolute atomic E-state index is 0.240. The normalized spacial score (nSPS) is 10.8. The summed E-state index contributed by atoms with van der Waals surface area (Å²) in [6, 6.07) is 6.55. The lowest BCUT2D eigenvalue weighted by molar-refractivity contribution is 0.0657. The number of benzene rings is 1. The lowest BCUT2D eigenvalue weighted by atomic mass is 10.1. The van der Waals surface area contributed by atoms with Crippen molar-refractivity contribution in [1.82, 2.24) is 0 Å². The summed E-state index contributed by atoms with van der Waals surface area (Å²) >= 11 is 0. The van der Waals surface area contributed by atoms with E-state index in [0.29, 0.717) is 11.1 Å². The van der Waals surface area contributed by atoms with Crippen molar-refractivity contribution in [2.75, 3.05) is 0 Å². The topological polar surface area (TPSA) is 108 Å². The highest BCUT2D eigenvalue weighted by Crippen LogP contribution is 2.25. The van der Waals surface area contributed by atoms with E-state index in [1.807, 2.05) is 0 Å². The highest BCUT2D eigenvalue weighted by molar-refractivity contribution is 5.85. The van der Waals surface area contributed by atoms with E-state index in [2.05, 4.69) is 4.42 Å². The Labute approximate surface area is 112 Å². The van der Waals surface area contributed by atoms with Crippen molar-refractivity contribution in [3.8, 4) is 11.5 Å². The van der Waals surface area contributed by atoms with Gasteiger partial charge in [-0.2, -0.15) is 0 Å². The largest absolute Gasteiger partial charge is 0.504 e. The van der Waals surface area contributed by atoms with Gasteiger partial charge in [-0.1, -0.05) is 18.2 Å². The maximum Gasteiger partial charge on any atom is 0.371 e. The van der Waals surface area contributed by atoms with Crippen LogP contribution in [0.25, 0.3) is 12.2 Å². The minimum Gasteiger partial charge on any atom is -0.504 e. The van der Waals surface area contributed by atoms with Crippen LogP contribution in [0.15, 0.2) is 39.5 Å². The first-order valence-electron chi connectivity index (χ1n) is 5.54. The number of aromatic carboxylic acids is 1. The quantitative estimate of drug-likeness (QED) is 0.738. The zero-order valence-corrected chi connectivity index (χ0v) is 10.1. The lowest BCUT2D eigenvalue weighted by Gasteiger charge is -1.99. The molecule has 1 aromatic carbocycles. The molecule has 2 rings (SSSR count). The molecule has 0 saturated carbocycles. The fourth-order valence-corrected chi connectivity index (χ4v) is 1.53. The van der Waals surface area contributed by atoms with E-state index in [0.717, 1.165) is 6.07 Å². The second kappa shape index (κ2) is 5.31. The highest BCUT2D eigenvalue weighted by Gasteiger charge is 2.07. The van der Waals surface area contributed by atoms with Crippen LogP contribution >= 0.6 is 0 Å². The summed E-state index contributed by atoms with van der Waals surface area (Å²) in [5.41, 5.74) is 0.162. The van der Waals surface area contributed by atoms with Gasteiger partial charge < -0.3 is 19.7 Å². The summed E-state index contributed by atoms with van der Waals surface area (Å²) in [4.78, 5) is 21.9. The summed E-state index contributed by atoms with van der Waals surface area (Å²) in [6.45, 7) is 0. The zero-order valence-electron chi connectivity index (χ0n) is 10.1. The number of aromatic hydroxyl groups is 2. The van der Waals surface area contributed by atoms with Crippen molar-refractivity contribution in [2.45, 2.75) is 0 Å². The van der Waals surface area contributed by atoms with Crippen molar-refractivity contribution < 1.29 is 24.5 Å². The maximum atomic E-state index is 11.2. The molecule has 0 aliphatic rings. The molecule has 0 radical (unpaired) electrons. The van der Waals surface area contributed by atoms with Crippen molar-refractivity contribution in [3.05, 3.63) is 57.6 Å². The minimum atomic E-state index is -1.33. The van der Waals surface area contributed by atoms with Crippen molar-refractivity contribution in [1.29, 1.82) is 0 Å². The first kappa shape index (κ1) is 13.4. The smallest absolute Gasteiger partial charge is 0.371 e. The van der Waals surface area contributed by atoms with Crippen LogP contribution in [0.3, 0.4) is 0 Å². The first-order valence-corrected chi connectivity index (χ1v) is 5.54. The Morgan fingerprint density at radius 3 is 2.35 bits per heavy atom. The number of hydrogen-bond donors (Lipinski definition) is 3. The van der Waals surface area contributed by atoms with Gasteiger partial charge in [0, 0.05) is 6.07 Å². The molecule has 0 amide bonds. The van der Waals surface area contributed by atoms with E-state index < -0.39 is 17.4 Å². The molecule has 1 aromatic heterocycles. The average Bonchev–Trinajstić information content (AvgIpc) is 2.39. The Balaban J connectivity index is 2.33. The monoisotopic (exact) mass is 274 g/mol. The van der Waals surface area contributed by atoms with Gasteiger partial charge in [0.1, 0.15) is 0 Å². The fraction of sp³-hybridized carbons (Fsp3) is 0. The summed E-state index contributed by atoms with van der Waals surface area (Å²) in [5, 5.41) is 27.3. The molecule has 0 saturated heterocycles. The van der Waals surface area contributed by atoms with Gasteiger partial charge in [0.05, 0.1) is 0 Å². The molecule has 0 unspecified atom stereocenters. The van der Waals surface area contributed by atoms with Crippen LogP contribution in [0.5, 0.6) is 11.5 Å². The van der Waals surface area contributed by atoms with Gasteiger partial charge in [0.2, 0.25) is 5.76 Å². The Morgan fingerprint density at radius 2 is 1.70 bits per heavy atom. The standard InChI is InChI=1S/C14H10O6/c15-10-4-3-8(5-11(10)16)1-2-9-6-12(14(18)19)20-13(17)7-9/h1-7,15-16H,(H,18,19)/b2-1+. The number of phenols is 2. The summed E-state index contributed by atoms with van der Waals surface area (Å²) in [6.07, 6.45) is 3.05. The molecule has 1 heterocycles. The Hall–Kier alpha value is -3.02. The third kappa shape index (κ3) is 3.05. The van der Waals surface area contributed by atoms with E-state index >= 15 is 0 Å². The zero-order chi connectivity index (χ0) is 14.7. The predicted molar refractivity (Wildman–Crippen MR) is 70.6 cm³/mol. The molecule has 0 spiro atoms. The highest BCUT2D eigenvalue weighted by atomic mass is 16.4. The lowest BCUT2D eigenvalue weighted by Crippen LogP contribution is -2.05. The molecule has 6 heteroatoms. The summed E-state index contributed by atoms with van der Waals surface area (Å²) < 4.78 is 4.50. The average molecular weight is 274 g/mol. The van der Waals surface area contributed by atoms with Gasteiger partial charge in [-0.15, -0.1) is 0 Å². The molecule has 6 nitrogen and oxygen atoms in total. The molecule has 3 N–H and O–H groups in total. The Kier molecular flexibility index (Phi) is 3.56. The van der Waals surface area contributed by atoms with Crippen LogP contribution in [-0.2, 0) is 0 Å². The molecular formula is C14H10O6. The number of rotatable bonds is 3. The van der Waals surface area contributed by atoms with Crippen LogP contribution in [0.2, 0.25) is 0 Å². The number of carbonyl (C=O) groups is 1. The van der Waals surface area contributed by atoms with E-state index in [4.69, 9.17) is 10.2 Å². The molecule has 0 fully saturated rings. The van der Waals surface area contributed by atoms with Crippen LogP contribution in [0.4, 0.5) is 0 Å². The summed E-state index contributed by atoms with van der Waals surface area (Å²) in [7, 11) is 0. The SMILES string of the molecule is O=C(O)c1cc(/C=C/c2ccc(O)c(O)c2)cc(=O)o1. The van der Waals surface area contributed by atoms with E-state index in [1.54, 1.807) is 12.1 Å². The molecule has 2 aromatic rings. The van der Waals surface area contributed by atoms with Gasteiger partial charge in [-0.3, -0.25) is 0 Å². The molecule has 0 aliphatic carbocycles. The van der Waals surface area contributed by atoms with Gasteiger partial charge in [-0.05, 0) is 29.3 Å². The second-order valence-electron chi connectivity index (χ2n) is 3.96. The third-order valence-corrected chi connectivity index (χ3v) is 2.47. The maximum absolute atomic E-state index is 11.2. The molecular weight excluding hydrogens is 264 g/mol.